The predicted octanol–water partition coefficient (Wildman–Crippen LogP) is 2.47. The van der Waals surface area contributed by atoms with Crippen molar-refractivity contribution in [1.82, 2.24) is 19.7 Å². The molecule has 0 aliphatic heterocycles. The molecule has 0 N–H and O–H groups in total. The number of rotatable bonds is 2. The van der Waals surface area contributed by atoms with Crippen molar-refractivity contribution in [3.05, 3.63) is 60.9 Å². The van der Waals surface area contributed by atoms with E-state index in [-0.39, 0.29) is 0 Å². The Morgan fingerprint density at radius 3 is 2.67 bits per heavy atom. The molecule has 0 radical (unpaired) electrons. The summed E-state index contributed by atoms with van der Waals surface area (Å²) in [4.78, 5) is 3.82. The second kappa shape index (κ2) is 4.37. The highest BCUT2D eigenvalue weighted by Crippen LogP contribution is 2.19. The third-order valence-electron chi connectivity index (χ3n) is 2.55. The molecule has 3 rings (SSSR count). The molecule has 88 valence electrons. The van der Waals surface area contributed by atoms with Gasteiger partial charge in [-0.15, -0.1) is 10.2 Å². The molecule has 0 amide bonds. The first-order chi connectivity index (χ1) is 8.84. The largest absolute Gasteiger partial charge is 0.282 e. The molecule has 4 nitrogen and oxygen atoms in total. The molecule has 1 aromatic carbocycles. The zero-order valence-corrected chi connectivity index (χ0v) is 9.36. The van der Waals surface area contributed by atoms with Crippen molar-refractivity contribution in [3.63, 3.8) is 0 Å². The highest BCUT2D eigenvalue weighted by atomic mass is 19.1. The quantitative estimate of drug-likeness (QED) is 0.691. The average molecular weight is 240 g/mol. The van der Waals surface area contributed by atoms with Crippen molar-refractivity contribution < 1.29 is 4.39 Å². The van der Waals surface area contributed by atoms with E-state index in [9.17, 15) is 4.39 Å². The highest BCUT2D eigenvalue weighted by Gasteiger charge is 2.09. The molecule has 0 bridgehead atoms. The fraction of sp³-hybridized carbons (Fsp3) is 0. The van der Waals surface area contributed by atoms with Crippen LogP contribution in [-0.2, 0) is 0 Å². The average Bonchev–Trinajstić information content (AvgIpc) is 2.89. The lowest BCUT2D eigenvalue weighted by Crippen LogP contribution is -1.96. The molecule has 0 saturated heterocycles. The minimum atomic E-state index is -0.393. The zero-order chi connectivity index (χ0) is 12.4. The predicted molar refractivity (Wildman–Crippen MR) is 64.5 cm³/mol. The Balaban J connectivity index is 2.13. The molecular weight excluding hydrogens is 231 g/mol. The number of aromatic nitrogens is 4. The monoisotopic (exact) mass is 240 g/mol. The molecule has 3 aromatic rings. The van der Waals surface area contributed by atoms with E-state index in [1.54, 1.807) is 17.1 Å². The van der Waals surface area contributed by atoms with E-state index < -0.39 is 5.82 Å². The van der Waals surface area contributed by atoms with E-state index in [1.165, 1.54) is 6.07 Å². The first-order valence-electron chi connectivity index (χ1n) is 5.41. The molecular formula is C13H9FN4. The van der Waals surface area contributed by atoms with Crippen LogP contribution < -0.4 is 0 Å². The number of hydrogen-bond acceptors (Lipinski definition) is 3. The van der Waals surface area contributed by atoms with Crippen molar-refractivity contribution >= 4 is 0 Å². The molecule has 0 atom stereocenters. The lowest BCUT2D eigenvalue weighted by atomic mass is 10.2. The van der Waals surface area contributed by atoms with Gasteiger partial charge in [0.1, 0.15) is 12.1 Å². The Labute approximate surface area is 103 Å². The van der Waals surface area contributed by atoms with Crippen molar-refractivity contribution in [3.8, 4) is 17.1 Å². The third kappa shape index (κ3) is 1.86. The van der Waals surface area contributed by atoms with E-state index in [0.717, 1.165) is 11.9 Å². The summed E-state index contributed by atoms with van der Waals surface area (Å²) in [6.45, 7) is 0. The molecule has 5 heteroatoms. The van der Waals surface area contributed by atoms with E-state index in [1.807, 2.05) is 30.3 Å². The summed E-state index contributed by atoms with van der Waals surface area (Å²) >= 11 is 0. The summed E-state index contributed by atoms with van der Waals surface area (Å²) in [5, 5.41) is 7.88. The van der Waals surface area contributed by atoms with E-state index in [2.05, 4.69) is 15.2 Å². The smallest absolute Gasteiger partial charge is 0.170 e. The summed E-state index contributed by atoms with van der Waals surface area (Å²) in [5.74, 6) is 0.170. The Morgan fingerprint density at radius 1 is 1.06 bits per heavy atom. The van der Waals surface area contributed by atoms with Gasteiger partial charge in [-0.25, -0.2) is 4.39 Å². The molecule has 2 heterocycles. The number of para-hydroxylation sites is 1. The Morgan fingerprint density at radius 2 is 1.89 bits per heavy atom. The Hall–Kier alpha value is -2.56. The highest BCUT2D eigenvalue weighted by molar-refractivity contribution is 5.56. The standard InChI is InChI=1S/C13H9FN4/c14-11-6-10(7-15-8-11)13-17-16-9-18(13)12-4-2-1-3-5-12/h1-9H. The van der Waals surface area contributed by atoms with Crippen LogP contribution in [0.3, 0.4) is 0 Å². The minimum absolute atomic E-state index is 0.393. The van der Waals surface area contributed by atoms with Crippen LogP contribution in [0.25, 0.3) is 17.1 Å². The Kier molecular flexibility index (Phi) is 2.57. The van der Waals surface area contributed by atoms with Gasteiger partial charge in [0.2, 0.25) is 0 Å². The van der Waals surface area contributed by atoms with Gasteiger partial charge in [-0.3, -0.25) is 9.55 Å². The van der Waals surface area contributed by atoms with Crippen LogP contribution in [0.2, 0.25) is 0 Å². The van der Waals surface area contributed by atoms with Crippen molar-refractivity contribution in [2.75, 3.05) is 0 Å². The number of halogens is 1. The van der Waals surface area contributed by atoms with E-state index in [4.69, 9.17) is 0 Å². The van der Waals surface area contributed by atoms with Crippen LogP contribution in [0.5, 0.6) is 0 Å². The molecule has 18 heavy (non-hydrogen) atoms. The van der Waals surface area contributed by atoms with Gasteiger partial charge in [-0.1, -0.05) is 18.2 Å². The van der Waals surface area contributed by atoms with Crippen LogP contribution in [-0.4, -0.2) is 19.7 Å². The molecule has 2 aromatic heterocycles. The fourth-order valence-corrected chi connectivity index (χ4v) is 1.74. The number of nitrogens with zero attached hydrogens (tertiary/aromatic N) is 4. The summed E-state index contributed by atoms with van der Waals surface area (Å²) in [6, 6.07) is 11.0. The molecule has 0 saturated carbocycles. The van der Waals surface area contributed by atoms with Crippen LogP contribution in [0.4, 0.5) is 4.39 Å². The lowest BCUT2D eigenvalue weighted by Gasteiger charge is -2.05. The van der Waals surface area contributed by atoms with Crippen molar-refractivity contribution in [1.29, 1.82) is 0 Å². The van der Waals surface area contributed by atoms with Crippen LogP contribution in [0, 0.1) is 5.82 Å². The summed E-state index contributed by atoms with van der Waals surface area (Å²) in [7, 11) is 0. The second-order valence-electron chi connectivity index (χ2n) is 3.75. The maximum absolute atomic E-state index is 13.2. The molecule has 0 aliphatic rings. The van der Waals surface area contributed by atoms with Gasteiger partial charge in [-0.05, 0) is 18.2 Å². The molecule has 0 unspecified atom stereocenters. The number of hydrogen-bond donors (Lipinski definition) is 0. The number of benzene rings is 1. The van der Waals surface area contributed by atoms with Crippen LogP contribution >= 0.6 is 0 Å². The van der Waals surface area contributed by atoms with Gasteiger partial charge in [0.25, 0.3) is 0 Å². The van der Waals surface area contributed by atoms with Gasteiger partial charge >= 0.3 is 0 Å². The van der Waals surface area contributed by atoms with Crippen molar-refractivity contribution in [2.24, 2.45) is 0 Å². The van der Waals surface area contributed by atoms with Crippen LogP contribution in [0.1, 0.15) is 0 Å². The third-order valence-corrected chi connectivity index (χ3v) is 2.55. The first kappa shape index (κ1) is 10.6. The Bertz CT molecular complexity index is 664. The SMILES string of the molecule is Fc1cncc(-c2nncn2-c2ccccc2)c1. The van der Waals surface area contributed by atoms with Crippen molar-refractivity contribution in [2.45, 2.75) is 0 Å². The lowest BCUT2D eigenvalue weighted by molar-refractivity contribution is 0.621. The summed E-state index contributed by atoms with van der Waals surface area (Å²) < 4.78 is 15.0. The second-order valence-corrected chi connectivity index (χ2v) is 3.75. The van der Waals surface area contributed by atoms with E-state index in [0.29, 0.717) is 11.4 Å². The maximum atomic E-state index is 13.2. The van der Waals surface area contributed by atoms with Gasteiger partial charge in [0.05, 0.1) is 6.20 Å². The first-order valence-corrected chi connectivity index (χ1v) is 5.41. The van der Waals surface area contributed by atoms with Gasteiger partial charge in [0, 0.05) is 17.4 Å². The summed E-state index contributed by atoms with van der Waals surface area (Å²) in [6.07, 6.45) is 4.31. The maximum Gasteiger partial charge on any atom is 0.170 e. The fourth-order valence-electron chi connectivity index (χ4n) is 1.74. The molecule has 0 fully saturated rings. The topological polar surface area (TPSA) is 43.6 Å². The van der Waals surface area contributed by atoms with Gasteiger partial charge in [-0.2, -0.15) is 0 Å². The number of pyridine rings is 1. The van der Waals surface area contributed by atoms with Gasteiger partial charge < -0.3 is 0 Å². The normalized spacial score (nSPS) is 10.5. The van der Waals surface area contributed by atoms with Gasteiger partial charge in [0.15, 0.2) is 5.82 Å². The zero-order valence-electron chi connectivity index (χ0n) is 9.36. The molecule has 0 spiro atoms. The summed E-state index contributed by atoms with van der Waals surface area (Å²) in [5.41, 5.74) is 1.51. The minimum Gasteiger partial charge on any atom is -0.282 e. The molecule has 0 aliphatic carbocycles. The van der Waals surface area contributed by atoms with E-state index >= 15 is 0 Å². The van der Waals surface area contributed by atoms with Crippen LogP contribution in [0.15, 0.2) is 55.1 Å².